The molecule has 0 fully saturated rings. The summed E-state index contributed by atoms with van der Waals surface area (Å²) >= 11 is 0. The van der Waals surface area contributed by atoms with E-state index in [9.17, 15) is 9.59 Å². The third-order valence-corrected chi connectivity index (χ3v) is 5.23. The Morgan fingerprint density at radius 3 is 2.32 bits per heavy atom. The lowest BCUT2D eigenvalue weighted by Crippen LogP contribution is -2.38. The molecule has 0 saturated heterocycles. The summed E-state index contributed by atoms with van der Waals surface area (Å²) in [6.45, 7) is 10.4. The number of carbonyl (C=O) groups excluding carboxylic acids is 2. The molecule has 0 aliphatic carbocycles. The molecule has 0 saturated carbocycles. The molecule has 168 valence electrons. The van der Waals surface area contributed by atoms with Crippen LogP contribution in [0.25, 0.3) is 0 Å². The molecule has 0 spiro atoms. The van der Waals surface area contributed by atoms with Crippen LogP contribution in [0.4, 0.5) is 16.2 Å². The molecule has 0 bridgehead atoms. The first-order chi connectivity index (χ1) is 14.6. The molecule has 0 aliphatic heterocycles. The Hall–Kier alpha value is -3.02. The van der Waals surface area contributed by atoms with Gasteiger partial charge in [0.05, 0.1) is 0 Å². The molecule has 6 nitrogen and oxygen atoms in total. The Morgan fingerprint density at radius 1 is 1.03 bits per heavy atom. The summed E-state index contributed by atoms with van der Waals surface area (Å²) in [5.74, 6) is 0.0127. The van der Waals surface area contributed by atoms with Crippen LogP contribution in [0.2, 0.25) is 0 Å². The topological polar surface area (TPSA) is 64.7 Å². The van der Waals surface area contributed by atoms with Gasteiger partial charge < -0.3 is 20.4 Å². The van der Waals surface area contributed by atoms with Crippen LogP contribution in [0, 0.1) is 6.92 Å². The highest BCUT2D eigenvalue weighted by Crippen LogP contribution is 2.26. The zero-order valence-electron chi connectivity index (χ0n) is 19.8. The lowest BCUT2D eigenvalue weighted by atomic mass is 10.1. The van der Waals surface area contributed by atoms with E-state index in [1.165, 1.54) is 0 Å². The van der Waals surface area contributed by atoms with E-state index in [2.05, 4.69) is 24.5 Å². The molecule has 6 heteroatoms. The summed E-state index contributed by atoms with van der Waals surface area (Å²) in [5.41, 5.74) is 4.45. The summed E-state index contributed by atoms with van der Waals surface area (Å²) < 4.78 is 0. The molecular weight excluding hydrogens is 388 g/mol. The van der Waals surface area contributed by atoms with Crippen molar-refractivity contribution in [2.45, 2.75) is 59.7 Å². The van der Waals surface area contributed by atoms with Gasteiger partial charge in [-0.2, -0.15) is 0 Å². The number of carbonyl (C=O) groups is 2. The summed E-state index contributed by atoms with van der Waals surface area (Å²) in [6.07, 6.45) is 0.851. The zero-order valence-corrected chi connectivity index (χ0v) is 19.8. The minimum absolute atomic E-state index is 0.0127. The van der Waals surface area contributed by atoms with Crippen molar-refractivity contribution in [3.05, 3.63) is 59.2 Å². The lowest BCUT2D eigenvalue weighted by Gasteiger charge is -2.31. The second-order valence-electron chi connectivity index (χ2n) is 8.55. The molecule has 3 amide bonds. The SMILES string of the molecule is CC[C@H](C)N(Cc1cc(NC(=O)NC(C)C)ccc1N(C)C)C(=O)c1cccc(C)c1. The number of urea groups is 1. The van der Waals surface area contributed by atoms with Gasteiger partial charge in [-0.1, -0.05) is 24.6 Å². The fraction of sp³-hybridized carbons (Fsp3) is 0.440. The van der Waals surface area contributed by atoms with Gasteiger partial charge in [0.15, 0.2) is 0 Å². The highest BCUT2D eigenvalue weighted by molar-refractivity contribution is 5.95. The predicted octanol–water partition coefficient (Wildman–Crippen LogP) is 5.03. The number of nitrogens with zero attached hydrogens (tertiary/aromatic N) is 2. The molecule has 0 radical (unpaired) electrons. The van der Waals surface area contributed by atoms with Crippen molar-refractivity contribution in [1.29, 1.82) is 0 Å². The lowest BCUT2D eigenvalue weighted by molar-refractivity contribution is 0.0671. The van der Waals surface area contributed by atoms with Crippen molar-refractivity contribution in [2.75, 3.05) is 24.3 Å². The maximum atomic E-state index is 13.4. The molecule has 2 aromatic rings. The fourth-order valence-electron chi connectivity index (χ4n) is 3.43. The Kier molecular flexibility index (Phi) is 8.48. The van der Waals surface area contributed by atoms with E-state index in [4.69, 9.17) is 0 Å². The quantitative estimate of drug-likeness (QED) is 0.624. The van der Waals surface area contributed by atoms with Gasteiger partial charge in [-0.3, -0.25) is 4.79 Å². The second-order valence-corrected chi connectivity index (χ2v) is 8.55. The summed E-state index contributed by atoms with van der Waals surface area (Å²) in [4.78, 5) is 29.5. The average Bonchev–Trinajstić information content (AvgIpc) is 2.70. The van der Waals surface area contributed by atoms with Crippen molar-refractivity contribution in [3.8, 4) is 0 Å². The van der Waals surface area contributed by atoms with Crippen LogP contribution >= 0.6 is 0 Å². The fourth-order valence-corrected chi connectivity index (χ4v) is 3.43. The van der Waals surface area contributed by atoms with Gasteiger partial charge in [-0.25, -0.2) is 4.79 Å². The van der Waals surface area contributed by atoms with Gasteiger partial charge in [-0.15, -0.1) is 0 Å². The molecule has 0 unspecified atom stereocenters. The van der Waals surface area contributed by atoms with Gasteiger partial charge in [0, 0.05) is 49.7 Å². The number of hydrogen-bond donors (Lipinski definition) is 2. The van der Waals surface area contributed by atoms with Gasteiger partial charge in [0.2, 0.25) is 0 Å². The third-order valence-electron chi connectivity index (χ3n) is 5.23. The monoisotopic (exact) mass is 424 g/mol. The zero-order chi connectivity index (χ0) is 23.1. The predicted molar refractivity (Wildman–Crippen MR) is 129 cm³/mol. The van der Waals surface area contributed by atoms with Gasteiger partial charge >= 0.3 is 6.03 Å². The number of hydrogen-bond acceptors (Lipinski definition) is 3. The number of anilines is 2. The number of benzene rings is 2. The summed E-state index contributed by atoms with van der Waals surface area (Å²) in [5, 5.41) is 5.73. The highest BCUT2D eigenvalue weighted by Gasteiger charge is 2.23. The molecule has 1 atom stereocenters. The standard InChI is InChI=1S/C25H36N4O2/c1-8-19(5)29(24(30)20-11-9-10-18(4)14-20)16-21-15-22(12-13-23(21)28(6)7)27-25(31)26-17(2)3/h9-15,17,19H,8,16H2,1-7H3,(H2,26,27,31)/t19-/m0/s1. The first-order valence-corrected chi connectivity index (χ1v) is 10.9. The Labute approximate surface area is 186 Å². The molecule has 0 heterocycles. The molecule has 31 heavy (non-hydrogen) atoms. The van der Waals surface area contributed by atoms with Gasteiger partial charge in [-0.05, 0) is 70.0 Å². The van der Waals surface area contributed by atoms with Crippen molar-refractivity contribution in [2.24, 2.45) is 0 Å². The molecule has 2 aromatic carbocycles. The van der Waals surface area contributed by atoms with Crippen LogP contribution in [-0.2, 0) is 6.54 Å². The van der Waals surface area contributed by atoms with Crippen molar-refractivity contribution in [3.63, 3.8) is 0 Å². The molecule has 2 rings (SSSR count). The maximum Gasteiger partial charge on any atom is 0.319 e. The van der Waals surface area contributed by atoms with E-state index in [-0.39, 0.29) is 24.0 Å². The van der Waals surface area contributed by atoms with E-state index in [0.717, 1.165) is 23.2 Å². The highest BCUT2D eigenvalue weighted by atomic mass is 16.2. The van der Waals surface area contributed by atoms with E-state index in [1.54, 1.807) is 0 Å². The summed E-state index contributed by atoms with van der Waals surface area (Å²) in [6, 6.07) is 13.4. The maximum absolute atomic E-state index is 13.4. The Balaban J connectivity index is 2.38. The average molecular weight is 425 g/mol. The van der Waals surface area contributed by atoms with Crippen LogP contribution in [0.5, 0.6) is 0 Å². The Bertz CT molecular complexity index is 908. The van der Waals surface area contributed by atoms with Gasteiger partial charge in [0.25, 0.3) is 5.91 Å². The van der Waals surface area contributed by atoms with Crippen LogP contribution in [0.3, 0.4) is 0 Å². The van der Waals surface area contributed by atoms with E-state index in [0.29, 0.717) is 17.8 Å². The van der Waals surface area contributed by atoms with Gasteiger partial charge in [0.1, 0.15) is 0 Å². The number of rotatable bonds is 8. The molecule has 0 aromatic heterocycles. The van der Waals surface area contributed by atoms with E-state index < -0.39 is 0 Å². The molecule has 2 N–H and O–H groups in total. The third kappa shape index (κ3) is 6.74. The van der Waals surface area contributed by atoms with Crippen molar-refractivity contribution >= 4 is 23.3 Å². The molecule has 0 aliphatic rings. The minimum Gasteiger partial charge on any atom is -0.377 e. The minimum atomic E-state index is -0.242. The number of nitrogens with one attached hydrogen (secondary N) is 2. The van der Waals surface area contributed by atoms with E-state index in [1.807, 2.05) is 87.1 Å². The first kappa shape index (κ1) is 24.3. The number of amides is 3. The summed E-state index contributed by atoms with van der Waals surface area (Å²) in [7, 11) is 3.96. The van der Waals surface area contributed by atoms with Crippen LogP contribution in [-0.4, -0.2) is 43.0 Å². The van der Waals surface area contributed by atoms with Crippen LogP contribution in [0.1, 0.15) is 55.6 Å². The number of aryl methyl sites for hydroxylation is 1. The van der Waals surface area contributed by atoms with Crippen LogP contribution in [0.15, 0.2) is 42.5 Å². The second kappa shape index (κ2) is 10.8. The van der Waals surface area contributed by atoms with Crippen molar-refractivity contribution in [1.82, 2.24) is 10.2 Å². The molecular formula is C25H36N4O2. The van der Waals surface area contributed by atoms with Crippen molar-refractivity contribution < 1.29 is 9.59 Å². The smallest absolute Gasteiger partial charge is 0.319 e. The first-order valence-electron chi connectivity index (χ1n) is 10.9. The van der Waals surface area contributed by atoms with E-state index >= 15 is 0 Å². The largest absolute Gasteiger partial charge is 0.377 e. The van der Waals surface area contributed by atoms with Crippen LogP contribution < -0.4 is 15.5 Å². The normalized spacial score (nSPS) is 11.7. The Morgan fingerprint density at radius 2 is 1.74 bits per heavy atom.